The molecule has 24 heavy (non-hydrogen) atoms. The van der Waals surface area contributed by atoms with Crippen LogP contribution in [-0.4, -0.2) is 48.1 Å². The minimum Gasteiger partial charge on any atom is -0.377 e. The number of hydrogen-bond donors (Lipinski definition) is 1. The third kappa shape index (κ3) is 6.42. The van der Waals surface area contributed by atoms with E-state index in [-0.39, 0.29) is 5.91 Å². The van der Waals surface area contributed by atoms with Crippen molar-refractivity contribution in [2.45, 2.75) is 44.7 Å². The zero-order chi connectivity index (χ0) is 17.0. The number of rotatable bonds is 9. The number of amides is 1. The van der Waals surface area contributed by atoms with Crippen LogP contribution in [0.4, 0.5) is 0 Å². The second-order valence-corrected chi connectivity index (χ2v) is 6.14. The maximum absolute atomic E-state index is 12.8. The minimum atomic E-state index is 0.203. The normalized spacial score (nSPS) is 17.9. The molecule has 1 N–H and O–H groups in total. The van der Waals surface area contributed by atoms with E-state index in [0.29, 0.717) is 32.2 Å². The topological polar surface area (TPSA) is 54.5 Å². The Morgan fingerprint density at radius 1 is 1.42 bits per heavy atom. The van der Waals surface area contributed by atoms with Gasteiger partial charge in [0.2, 0.25) is 5.91 Å². The van der Waals surface area contributed by atoms with Crippen molar-refractivity contribution < 1.29 is 9.53 Å². The van der Waals surface area contributed by atoms with Gasteiger partial charge in [-0.3, -0.25) is 9.78 Å². The predicted molar refractivity (Wildman–Crippen MR) is 95.5 cm³/mol. The molecular formula is C19H29N3O2. The van der Waals surface area contributed by atoms with Crippen molar-refractivity contribution >= 4 is 5.91 Å². The second kappa shape index (κ2) is 10.9. The van der Waals surface area contributed by atoms with E-state index in [9.17, 15) is 4.79 Å². The van der Waals surface area contributed by atoms with Crippen LogP contribution < -0.4 is 5.32 Å². The van der Waals surface area contributed by atoms with Crippen LogP contribution in [0.15, 0.2) is 37.1 Å². The number of hydrogen-bond acceptors (Lipinski definition) is 4. The second-order valence-electron chi connectivity index (χ2n) is 6.14. The van der Waals surface area contributed by atoms with E-state index in [1.807, 2.05) is 23.1 Å². The number of nitrogens with zero attached hydrogens (tertiary/aromatic N) is 2. The number of aromatic nitrogens is 1. The molecule has 1 fully saturated rings. The molecule has 2 rings (SSSR count). The molecule has 0 aromatic carbocycles. The molecule has 0 radical (unpaired) electrons. The lowest BCUT2D eigenvalue weighted by Gasteiger charge is -2.31. The van der Waals surface area contributed by atoms with E-state index in [2.05, 4.69) is 16.9 Å². The van der Waals surface area contributed by atoms with Gasteiger partial charge >= 0.3 is 0 Å². The molecule has 1 atom stereocenters. The minimum absolute atomic E-state index is 0.203. The number of pyridine rings is 1. The largest absolute Gasteiger partial charge is 0.377 e. The Labute approximate surface area is 145 Å². The monoisotopic (exact) mass is 331 g/mol. The highest BCUT2D eigenvalue weighted by Gasteiger charge is 2.24. The van der Waals surface area contributed by atoms with Gasteiger partial charge in [-0.25, -0.2) is 0 Å². The maximum atomic E-state index is 12.8. The van der Waals surface area contributed by atoms with Gasteiger partial charge in [0.15, 0.2) is 0 Å². The lowest BCUT2D eigenvalue weighted by molar-refractivity contribution is -0.135. The average Bonchev–Trinajstić information content (AvgIpc) is 2.89. The summed E-state index contributed by atoms with van der Waals surface area (Å²) >= 11 is 0. The van der Waals surface area contributed by atoms with E-state index in [4.69, 9.17) is 4.74 Å². The van der Waals surface area contributed by atoms with E-state index in [0.717, 1.165) is 44.5 Å². The summed E-state index contributed by atoms with van der Waals surface area (Å²) in [6, 6.07) is 6.16. The van der Waals surface area contributed by atoms with Gasteiger partial charge in [-0.05, 0) is 50.9 Å². The standard InChI is InChI=1S/C19H29N3O2/c1-2-14-24-15-6-9-19(23)22(16-17-7-3-4-12-21-17)18-8-5-11-20-13-10-18/h2-4,7,12,18,20H,1,5-6,8-11,13-16H2. The molecule has 5 nitrogen and oxygen atoms in total. The van der Waals surface area contributed by atoms with Crippen LogP contribution in [0.2, 0.25) is 0 Å². The van der Waals surface area contributed by atoms with Crippen LogP contribution in [0.3, 0.4) is 0 Å². The molecule has 1 aromatic rings. The molecule has 2 heterocycles. The van der Waals surface area contributed by atoms with Crippen LogP contribution >= 0.6 is 0 Å². The molecular weight excluding hydrogens is 302 g/mol. The van der Waals surface area contributed by atoms with Crippen molar-refractivity contribution in [1.82, 2.24) is 15.2 Å². The van der Waals surface area contributed by atoms with Gasteiger partial charge in [0.05, 0.1) is 18.8 Å². The van der Waals surface area contributed by atoms with Gasteiger partial charge in [-0.1, -0.05) is 12.1 Å². The van der Waals surface area contributed by atoms with Gasteiger partial charge in [0.25, 0.3) is 0 Å². The fourth-order valence-corrected chi connectivity index (χ4v) is 3.04. The van der Waals surface area contributed by atoms with Crippen molar-refractivity contribution in [3.8, 4) is 0 Å². The fraction of sp³-hybridized carbons (Fsp3) is 0.579. The predicted octanol–water partition coefficient (Wildman–Crippen LogP) is 2.54. The summed E-state index contributed by atoms with van der Waals surface area (Å²) in [5, 5.41) is 3.42. The lowest BCUT2D eigenvalue weighted by atomic mass is 10.1. The van der Waals surface area contributed by atoms with E-state index >= 15 is 0 Å². The Morgan fingerprint density at radius 2 is 2.33 bits per heavy atom. The Hall–Kier alpha value is -1.72. The fourth-order valence-electron chi connectivity index (χ4n) is 3.04. The van der Waals surface area contributed by atoms with Crippen molar-refractivity contribution in [2.75, 3.05) is 26.3 Å². The van der Waals surface area contributed by atoms with Gasteiger partial charge in [-0.15, -0.1) is 6.58 Å². The van der Waals surface area contributed by atoms with E-state index < -0.39 is 0 Å². The molecule has 1 unspecified atom stereocenters. The van der Waals surface area contributed by atoms with E-state index in [1.54, 1.807) is 12.3 Å². The molecule has 0 bridgehead atoms. The van der Waals surface area contributed by atoms with Gasteiger partial charge in [0, 0.05) is 25.3 Å². The van der Waals surface area contributed by atoms with Crippen LogP contribution in [0.25, 0.3) is 0 Å². The molecule has 5 heteroatoms. The Morgan fingerprint density at radius 3 is 3.12 bits per heavy atom. The molecule has 0 spiro atoms. The molecule has 1 aliphatic heterocycles. The van der Waals surface area contributed by atoms with Crippen molar-refractivity contribution in [3.05, 3.63) is 42.7 Å². The SMILES string of the molecule is C=CCOCCCC(=O)N(Cc1ccccn1)C1CCCNCC1. The molecule has 1 amide bonds. The molecule has 1 aliphatic rings. The van der Waals surface area contributed by atoms with Gasteiger partial charge in [0.1, 0.15) is 0 Å². The number of carbonyl (C=O) groups excluding carboxylic acids is 1. The quantitative estimate of drug-likeness (QED) is 0.558. The first kappa shape index (κ1) is 18.6. The first-order chi connectivity index (χ1) is 11.8. The van der Waals surface area contributed by atoms with Crippen LogP contribution in [0, 0.1) is 0 Å². The molecule has 1 saturated heterocycles. The zero-order valence-corrected chi connectivity index (χ0v) is 14.5. The molecule has 0 saturated carbocycles. The van der Waals surface area contributed by atoms with Crippen LogP contribution in [0.1, 0.15) is 37.8 Å². The summed E-state index contributed by atoms with van der Waals surface area (Å²) < 4.78 is 5.39. The first-order valence-corrected chi connectivity index (χ1v) is 8.90. The zero-order valence-electron chi connectivity index (χ0n) is 14.5. The van der Waals surface area contributed by atoms with Crippen molar-refractivity contribution in [2.24, 2.45) is 0 Å². The van der Waals surface area contributed by atoms with Crippen molar-refractivity contribution in [3.63, 3.8) is 0 Å². The smallest absolute Gasteiger partial charge is 0.223 e. The Kier molecular flexibility index (Phi) is 8.49. The summed E-state index contributed by atoms with van der Waals surface area (Å²) in [7, 11) is 0. The first-order valence-electron chi connectivity index (χ1n) is 8.90. The third-order valence-electron chi connectivity index (χ3n) is 4.28. The summed E-state index contributed by atoms with van der Waals surface area (Å²) in [5.41, 5.74) is 0.950. The maximum Gasteiger partial charge on any atom is 0.223 e. The van der Waals surface area contributed by atoms with Gasteiger partial charge in [-0.2, -0.15) is 0 Å². The van der Waals surface area contributed by atoms with Gasteiger partial charge < -0.3 is 15.0 Å². The summed E-state index contributed by atoms with van der Waals surface area (Å²) in [6.07, 6.45) is 7.96. The Balaban J connectivity index is 1.95. The molecule has 1 aromatic heterocycles. The highest BCUT2D eigenvalue weighted by molar-refractivity contribution is 5.76. The van der Waals surface area contributed by atoms with E-state index in [1.165, 1.54) is 0 Å². The summed E-state index contributed by atoms with van der Waals surface area (Å²) in [5.74, 6) is 0.203. The van der Waals surface area contributed by atoms with Crippen molar-refractivity contribution in [1.29, 1.82) is 0 Å². The summed E-state index contributed by atoms with van der Waals surface area (Å²) in [4.78, 5) is 19.2. The highest BCUT2D eigenvalue weighted by atomic mass is 16.5. The average molecular weight is 331 g/mol. The number of ether oxygens (including phenoxy) is 1. The number of carbonyl (C=O) groups is 1. The molecule has 132 valence electrons. The highest BCUT2D eigenvalue weighted by Crippen LogP contribution is 2.18. The van der Waals surface area contributed by atoms with Crippen LogP contribution in [0.5, 0.6) is 0 Å². The lowest BCUT2D eigenvalue weighted by Crippen LogP contribution is -2.40. The number of nitrogens with one attached hydrogen (secondary N) is 1. The molecule has 0 aliphatic carbocycles. The third-order valence-corrected chi connectivity index (χ3v) is 4.28. The summed E-state index contributed by atoms with van der Waals surface area (Å²) in [6.45, 7) is 7.37. The van der Waals surface area contributed by atoms with Crippen LogP contribution in [-0.2, 0) is 16.1 Å². The Bertz CT molecular complexity index is 485.